The van der Waals surface area contributed by atoms with Crippen LogP contribution in [0.2, 0.25) is 0 Å². The molecule has 0 aliphatic rings. The maximum absolute atomic E-state index is 11.2. The third-order valence-electron chi connectivity index (χ3n) is 2.49. The van der Waals surface area contributed by atoms with Crippen molar-refractivity contribution in [1.82, 2.24) is 4.57 Å². The molecule has 1 aromatic heterocycles. The topological polar surface area (TPSA) is 45.8 Å². The minimum atomic E-state index is -0.157. The van der Waals surface area contributed by atoms with Gasteiger partial charge in [-0.1, -0.05) is 13.3 Å². The first-order chi connectivity index (χ1) is 7.10. The van der Waals surface area contributed by atoms with E-state index in [0.717, 1.165) is 24.2 Å². The van der Waals surface area contributed by atoms with Gasteiger partial charge >= 0.3 is 0 Å². The quantitative estimate of drug-likeness (QED) is 0.758. The van der Waals surface area contributed by atoms with E-state index in [2.05, 4.69) is 13.0 Å². The molecule has 0 aliphatic carbocycles. The first-order valence-corrected chi connectivity index (χ1v) is 5.19. The van der Waals surface area contributed by atoms with Crippen LogP contribution in [0.15, 0.2) is 16.9 Å². The molecular formula is C12H16N2O. The van der Waals surface area contributed by atoms with Gasteiger partial charge in [-0.3, -0.25) is 4.79 Å². The van der Waals surface area contributed by atoms with Crippen molar-refractivity contribution in [1.29, 1.82) is 5.26 Å². The predicted octanol–water partition coefficient (Wildman–Crippen LogP) is 2.33. The van der Waals surface area contributed by atoms with E-state index in [1.54, 1.807) is 12.1 Å². The predicted molar refractivity (Wildman–Crippen MR) is 59.7 cm³/mol. The molecule has 3 nitrogen and oxygen atoms in total. The van der Waals surface area contributed by atoms with E-state index >= 15 is 0 Å². The van der Waals surface area contributed by atoms with Gasteiger partial charge in [0, 0.05) is 23.5 Å². The molecule has 1 aromatic rings. The average molecular weight is 204 g/mol. The van der Waals surface area contributed by atoms with E-state index < -0.39 is 0 Å². The van der Waals surface area contributed by atoms with Crippen LogP contribution in [0.4, 0.5) is 0 Å². The highest BCUT2D eigenvalue weighted by Gasteiger charge is 2.12. The molecule has 0 aliphatic heterocycles. The summed E-state index contributed by atoms with van der Waals surface area (Å²) in [5.41, 5.74) is 1.73. The number of hydrogen-bond donors (Lipinski definition) is 0. The normalized spacial score (nSPS) is 12.1. The van der Waals surface area contributed by atoms with Crippen LogP contribution < -0.4 is 5.43 Å². The van der Waals surface area contributed by atoms with E-state index in [0.29, 0.717) is 0 Å². The second-order valence-electron chi connectivity index (χ2n) is 3.78. The Balaban J connectivity index is 3.24. The van der Waals surface area contributed by atoms with Crippen LogP contribution >= 0.6 is 0 Å². The molecule has 0 amide bonds. The molecule has 15 heavy (non-hydrogen) atoms. The molecule has 1 rings (SSSR count). The van der Waals surface area contributed by atoms with Crippen molar-refractivity contribution in [3.05, 3.63) is 33.7 Å². The first kappa shape index (κ1) is 11.5. The maximum atomic E-state index is 11.2. The largest absolute Gasteiger partial charge is 0.333 e. The Hall–Kier alpha value is -1.56. The summed E-state index contributed by atoms with van der Waals surface area (Å²) in [4.78, 5) is 11.2. The molecule has 80 valence electrons. The zero-order valence-electron chi connectivity index (χ0n) is 9.45. The van der Waals surface area contributed by atoms with E-state index in [1.807, 2.05) is 18.4 Å². The summed E-state index contributed by atoms with van der Waals surface area (Å²) < 4.78 is 1.94. The van der Waals surface area contributed by atoms with Crippen LogP contribution in [0.3, 0.4) is 0 Å². The number of pyridine rings is 1. The fourth-order valence-corrected chi connectivity index (χ4v) is 1.89. The molecular weight excluding hydrogens is 188 g/mol. The lowest BCUT2D eigenvalue weighted by molar-refractivity contribution is 0.533. The minimum absolute atomic E-state index is 0.00874. The third kappa shape index (κ3) is 2.47. The van der Waals surface area contributed by atoms with Crippen LogP contribution in [-0.2, 0) is 0 Å². The standard InChI is InChI=1S/C12H16N2O/c1-4-5-11(8-13)14-9(2)6-12(15)7-10(14)3/h6-7,11H,4-5H2,1-3H3. The molecule has 1 unspecified atom stereocenters. The number of hydrogen-bond acceptors (Lipinski definition) is 2. The second-order valence-corrected chi connectivity index (χ2v) is 3.78. The summed E-state index contributed by atoms with van der Waals surface area (Å²) in [6.07, 6.45) is 1.78. The van der Waals surface area contributed by atoms with Crippen molar-refractivity contribution in [2.75, 3.05) is 0 Å². The van der Waals surface area contributed by atoms with Crippen molar-refractivity contribution < 1.29 is 0 Å². The Morgan fingerprint density at radius 2 is 1.93 bits per heavy atom. The van der Waals surface area contributed by atoms with Crippen LogP contribution in [0.5, 0.6) is 0 Å². The lowest BCUT2D eigenvalue weighted by Gasteiger charge is -2.18. The SMILES string of the molecule is CCCC(C#N)n1c(C)cc(=O)cc1C. The summed E-state index contributed by atoms with van der Waals surface area (Å²) in [5.74, 6) is 0. The molecule has 0 saturated heterocycles. The van der Waals surface area contributed by atoms with Crippen LogP contribution in [0.1, 0.15) is 37.2 Å². The molecule has 0 spiro atoms. The van der Waals surface area contributed by atoms with Gasteiger partial charge in [-0.15, -0.1) is 0 Å². The van der Waals surface area contributed by atoms with Crippen molar-refractivity contribution in [2.24, 2.45) is 0 Å². The fourth-order valence-electron chi connectivity index (χ4n) is 1.89. The van der Waals surface area contributed by atoms with Gasteiger partial charge in [0.15, 0.2) is 5.43 Å². The summed E-state index contributed by atoms with van der Waals surface area (Å²) in [7, 11) is 0. The highest BCUT2D eigenvalue weighted by Crippen LogP contribution is 2.16. The number of aromatic nitrogens is 1. The monoisotopic (exact) mass is 204 g/mol. The molecule has 1 heterocycles. The van der Waals surface area contributed by atoms with Gasteiger partial charge in [-0.05, 0) is 20.3 Å². The lowest BCUT2D eigenvalue weighted by Crippen LogP contribution is -2.17. The van der Waals surface area contributed by atoms with Gasteiger partial charge in [0.1, 0.15) is 6.04 Å². The van der Waals surface area contributed by atoms with Crippen molar-refractivity contribution in [3.8, 4) is 6.07 Å². The second kappa shape index (κ2) is 4.79. The maximum Gasteiger partial charge on any atom is 0.182 e. The highest BCUT2D eigenvalue weighted by atomic mass is 16.1. The number of nitrogens with zero attached hydrogens (tertiary/aromatic N) is 2. The molecule has 0 saturated carbocycles. The van der Waals surface area contributed by atoms with Gasteiger partial charge < -0.3 is 4.57 Å². The molecule has 1 atom stereocenters. The summed E-state index contributed by atoms with van der Waals surface area (Å²) >= 11 is 0. The zero-order chi connectivity index (χ0) is 11.4. The number of aryl methyl sites for hydroxylation is 2. The van der Waals surface area contributed by atoms with Crippen LogP contribution in [0.25, 0.3) is 0 Å². The van der Waals surface area contributed by atoms with Crippen molar-refractivity contribution in [2.45, 2.75) is 39.7 Å². The average Bonchev–Trinajstić information content (AvgIpc) is 2.14. The number of rotatable bonds is 3. The Bertz CT molecular complexity index is 414. The van der Waals surface area contributed by atoms with E-state index in [4.69, 9.17) is 5.26 Å². The molecule has 0 fully saturated rings. The molecule has 0 N–H and O–H groups in total. The Kier molecular flexibility index (Phi) is 3.68. The zero-order valence-corrected chi connectivity index (χ0v) is 9.45. The summed E-state index contributed by atoms with van der Waals surface area (Å²) in [6.45, 7) is 5.79. The summed E-state index contributed by atoms with van der Waals surface area (Å²) in [5, 5.41) is 9.08. The van der Waals surface area contributed by atoms with E-state index in [9.17, 15) is 4.79 Å². The van der Waals surface area contributed by atoms with Gasteiger partial charge in [0.2, 0.25) is 0 Å². The minimum Gasteiger partial charge on any atom is -0.333 e. The number of nitriles is 1. The Labute approximate surface area is 90.0 Å². The Morgan fingerprint density at radius 1 is 1.40 bits per heavy atom. The fraction of sp³-hybridized carbons (Fsp3) is 0.500. The van der Waals surface area contributed by atoms with E-state index in [1.165, 1.54) is 0 Å². The highest BCUT2D eigenvalue weighted by molar-refractivity contribution is 5.15. The van der Waals surface area contributed by atoms with E-state index in [-0.39, 0.29) is 11.5 Å². The van der Waals surface area contributed by atoms with Gasteiger partial charge in [-0.25, -0.2) is 0 Å². The molecule has 0 bridgehead atoms. The van der Waals surface area contributed by atoms with Gasteiger partial charge in [0.05, 0.1) is 6.07 Å². The van der Waals surface area contributed by atoms with Gasteiger partial charge in [-0.2, -0.15) is 5.26 Å². The van der Waals surface area contributed by atoms with Crippen LogP contribution in [0, 0.1) is 25.2 Å². The third-order valence-corrected chi connectivity index (χ3v) is 2.49. The smallest absolute Gasteiger partial charge is 0.182 e. The Morgan fingerprint density at radius 3 is 2.33 bits per heavy atom. The summed E-state index contributed by atoms with van der Waals surface area (Å²) in [6, 6.07) is 5.28. The molecule has 0 radical (unpaired) electrons. The van der Waals surface area contributed by atoms with Crippen molar-refractivity contribution >= 4 is 0 Å². The van der Waals surface area contributed by atoms with Gasteiger partial charge in [0.25, 0.3) is 0 Å². The van der Waals surface area contributed by atoms with Crippen LogP contribution in [-0.4, -0.2) is 4.57 Å². The molecule has 0 aromatic carbocycles. The lowest BCUT2D eigenvalue weighted by atomic mass is 10.1. The molecule has 3 heteroatoms. The first-order valence-electron chi connectivity index (χ1n) is 5.19. The van der Waals surface area contributed by atoms with Crippen molar-refractivity contribution in [3.63, 3.8) is 0 Å².